The Morgan fingerprint density at radius 3 is 2.24 bits per heavy atom. The Morgan fingerprint density at radius 2 is 1.62 bits per heavy atom. The second-order valence-electron chi connectivity index (χ2n) is 9.13. The molecule has 37 heavy (non-hydrogen) atoms. The number of hydrogen-bond acceptors (Lipinski definition) is 7. The van der Waals surface area contributed by atoms with Crippen molar-refractivity contribution >= 4 is 40.2 Å². The number of aromatic nitrogens is 1. The van der Waals surface area contributed by atoms with Crippen molar-refractivity contribution in [3.63, 3.8) is 0 Å². The Morgan fingerprint density at radius 1 is 1.00 bits per heavy atom. The van der Waals surface area contributed by atoms with E-state index in [1.165, 1.54) is 18.2 Å². The Kier molecular flexibility index (Phi) is 6.00. The number of fused-ring (bicyclic) bond motifs is 2. The van der Waals surface area contributed by atoms with Gasteiger partial charge in [-0.15, -0.1) is 0 Å². The molecule has 5 rings (SSSR count). The van der Waals surface area contributed by atoms with E-state index in [1.54, 1.807) is 48.5 Å². The Hall–Kier alpha value is -4.86. The van der Waals surface area contributed by atoms with Crippen LogP contribution in [0.1, 0.15) is 41.0 Å². The highest BCUT2D eigenvalue weighted by atomic mass is 16.6. The maximum Gasteiger partial charge on any atom is 0.273 e. The first-order valence-electron chi connectivity index (χ1n) is 11.7. The molecule has 0 fully saturated rings. The zero-order valence-corrected chi connectivity index (χ0v) is 20.0. The second-order valence-corrected chi connectivity index (χ2v) is 9.13. The molecule has 1 aromatic heterocycles. The van der Waals surface area contributed by atoms with Crippen LogP contribution < -0.4 is 5.32 Å². The van der Waals surface area contributed by atoms with Gasteiger partial charge in [0.2, 0.25) is 11.8 Å². The molecule has 1 aliphatic rings. The van der Waals surface area contributed by atoms with Crippen LogP contribution in [0.2, 0.25) is 0 Å². The van der Waals surface area contributed by atoms with Crippen molar-refractivity contribution in [3.8, 4) is 11.5 Å². The molecule has 0 saturated heterocycles. The third kappa shape index (κ3) is 4.33. The Bertz CT molecular complexity index is 1540. The van der Waals surface area contributed by atoms with Gasteiger partial charge in [0, 0.05) is 6.07 Å². The van der Waals surface area contributed by atoms with Crippen LogP contribution >= 0.6 is 0 Å². The van der Waals surface area contributed by atoms with Crippen molar-refractivity contribution in [1.29, 1.82) is 0 Å². The summed E-state index contributed by atoms with van der Waals surface area (Å²) in [6.07, 6.45) is 0.270. The van der Waals surface area contributed by atoms with Crippen LogP contribution in [0.25, 0.3) is 22.6 Å². The number of non-ortho nitro benzene ring substituents is 1. The summed E-state index contributed by atoms with van der Waals surface area (Å²) in [5.41, 5.74) is 1.87. The third-order valence-corrected chi connectivity index (χ3v) is 6.13. The number of nitrogens with one attached hydrogen (secondary N) is 1. The van der Waals surface area contributed by atoms with Crippen molar-refractivity contribution in [1.82, 2.24) is 9.88 Å². The lowest BCUT2D eigenvalue weighted by Crippen LogP contribution is -2.48. The van der Waals surface area contributed by atoms with Crippen molar-refractivity contribution in [2.45, 2.75) is 26.3 Å². The number of rotatable bonds is 7. The lowest BCUT2D eigenvalue weighted by atomic mass is 10.0. The topological polar surface area (TPSA) is 136 Å². The standard InChI is InChI=1S/C27H22N4O6/c1-15(2)13-22(30-26(33)17-7-3-4-8-18(17)27(30)34)24(32)28-20-10-6-5-9-19(20)25-29-21-12-11-16(31(35)36)14-23(21)37-25/h3-12,14-15,22H,13H2,1-2H3,(H,28,32). The molecule has 0 radical (unpaired) electrons. The number of nitrogens with zero attached hydrogens (tertiary/aromatic N) is 3. The molecule has 3 amide bonds. The van der Waals surface area contributed by atoms with E-state index >= 15 is 0 Å². The maximum absolute atomic E-state index is 13.6. The van der Waals surface area contributed by atoms with Crippen LogP contribution in [0.4, 0.5) is 11.4 Å². The average molecular weight is 498 g/mol. The summed E-state index contributed by atoms with van der Waals surface area (Å²) in [6, 6.07) is 16.4. The van der Waals surface area contributed by atoms with Gasteiger partial charge in [-0.1, -0.05) is 38.1 Å². The van der Waals surface area contributed by atoms with E-state index in [0.29, 0.717) is 16.8 Å². The number of nitro groups is 1. The van der Waals surface area contributed by atoms with Gasteiger partial charge in [-0.3, -0.25) is 29.4 Å². The van der Waals surface area contributed by atoms with Gasteiger partial charge >= 0.3 is 0 Å². The summed E-state index contributed by atoms with van der Waals surface area (Å²) in [5, 5.41) is 13.9. The molecule has 0 aliphatic carbocycles. The zero-order valence-electron chi connectivity index (χ0n) is 20.0. The molecule has 1 aliphatic heterocycles. The minimum absolute atomic E-state index is 0.0168. The normalized spacial score (nSPS) is 13.8. The lowest BCUT2D eigenvalue weighted by Gasteiger charge is -2.27. The minimum atomic E-state index is -1.04. The predicted octanol–water partition coefficient (Wildman–Crippen LogP) is 5.05. The molecule has 0 bridgehead atoms. The highest BCUT2D eigenvalue weighted by molar-refractivity contribution is 6.23. The summed E-state index contributed by atoms with van der Waals surface area (Å²) >= 11 is 0. The fourth-order valence-electron chi connectivity index (χ4n) is 4.40. The van der Waals surface area contributed by atoms with E-state index < -0.39 is 28.7 Å². The van der Waals surface area contributed by atoms with E-state index in [0.717, 1.165) is 4.90 Å². The highest BCUT2D eigenvalue weighted by Gasteiger charge is 2.42. The summed E-state index contributed by atoms with van der Waals surface area (Å²) in [6.45, 7) is 3.81. The monoisotopic (exact) mass is 498 g/mol. The molecule has 0 saturated carbocycles. The number of para-hydroxylation sites is 1. The van der Waals surface area contributed by atoms with Crippen LogP contribution in [0.5, 0.6) is 0 Å². The van der Waals surface area contributed by atoms with Crippen LogP contribution in [0, 0.1) is 16.0 Å². The fraction of sp³-hybridized carbons (Fsp3) is 0.185. The minimum Gasteiger partial charge on any atom is -0.436 e. The largest absolute Gasteiger partial charge is 0.436 e. The molecule has 1 N–H and O–H groups in total. The molecule has 2 heterocycles. The van der Waals surface area contributed by atoms with Gasteiger partial charge < -0.3 is 9.73 Å². The van der Waals surface area contributed by atoms with Gasteiger partial charge in [0.25, 0.3) is 17.5 Å². The predicted molar refractivity (Wildman–Crippen MR) is 135 cm³/mol. The molecule has 3 aromatic carbocycles. The lowest BCUT2D eigenvalue weighted by molar-refractivity contribution is -0.384. The van der Waals surface area contributed by atoms with Gasteiger partial charge in [-0.25, -0.2) is 4.98 Å². The molecule has 10 nitrogen and oxygen atoms in total. The summed E-state index contributed by atoms with van der Waals surface area (Å²) in [4.78, 5) is 55.8. The number of carbonyl (C=O) groups is 3. The van der Waals surface area contributed by atoms with Crippen LogP contribution in [0.3, 0.4) is 0 Å². The molecule has 186 valence electrons. The summed E-state index contributed by atoms with van der Waals surface area (Å²) in [7, 11) is 0. The van der Waals surface area contributed by atoms with E-state index in [2.05, 4.69) is 10.3 Å². The third-order valence-electron chi connectivity index (χ3n) is 6.13. The van der Waals surface area contributed by atoms with Gasteiger partial charge in [0.05, 0.1) is 33.4 Å². The van der Waals surface area contributed by atoms with Crippen molar-refractivity contribution in [2.75, 3.05) is 5.32 Å². The molecular weight excluding hydrogens is 476 g/mol. The molecular formula is C27H22N4O6. The molecule has 10 heteroatoms. The number of carbonyl (C=O) groups excluding carboxylic acids is 3. The van der Waals surface area contributed by atoms with Crippen molar-refractivity contribution in [2.24, 2.45) is 5.92 Å². The Balaban J connectivity index is 1.48. The van der Waals surface area contributed by atoms with Gasteiger partial charge in [0.15, 0.2) is 5.58 Å². The van der Waals surface area contributed by atoms with Gasteiger partial charge in [-0.2, -0.15) is 0 Å². The smallest absolute Gasteiger partial charge is 0.273 e. The van der Waals surface area contributed by atoms with E-state index in [4.69, 9.17) is 4.42 Å². The van der Waals surface area contributed by atoms with E-state index in [-0.39, 0.29) is 40.6 Å². The first kappa shape index (κ1) is 23.9. The van der Waals surface area contributed by atoms with E-state index in [1.807, 2.05) is 13.8 Å². The average Bonchev–Trinajstić information content (AvgIpc) is 3.41. The van der Waals surface area contributed by atoms with Crippen LogP contribution in [0.15, 0.2) is 71.1 Å². The summed E-state index contributed by atoms with van der Waals surface area (Å²) in [5.74, 6) is -1.36. The number of amides is 3. The number of hydrogen-bond donors (Lipinski definition) is 1. The van der Waals surface area contributed by atoms with Crippen molar-refractivity contribution in [3.05, 3.63) is 88.0 Å². The SMILES string of the molecule is CC(C)CC(C(=O)Nc1ccccc1-c1nc2ccc([N+](=O)[O-])cc2o1)N1C(=O)c2ccccc2C1=O. The number of imide groups is 1. The van der Waals surface area contributed by atoms with Crippen LogP contribution in [-0.2, 0) is 4.79 Å². The number of benzene rings is 3. The maximum atomic E-state index is 13.6. The molecule has 1 atom stereocenters. The summed E-state index contributed by atoms with van der Waals surface area (Å²) < 4.78 is 5.78. The number of anilines is 1. The second kappa shape index (κ2) is 9.30. The highest BCUT2D eigenvalue weighted by Crippen LogP contribution is 2.33. The Labute approximate surface area is 211 Å². The zero-order chi connectivity index (χ0) is 26.3. The first-order chi connectivity index (χ1) is 17.7. The quantitative estimate of drug-likeness (QED) is 0.214. The van der Waals surface area contributed by atoms with Gasteiger partial charge in [0.1, 0.15) is 11.6 Å². The first-order valence-corrected chi connectivity index (χ1v) is 11.7. The molecule has 4 aromatic rings. The van der Waals surface area contributed by atoms with Gasteiger partial charge in [-0.05, 0) is 42.7 Å². The number of nitro benzene ring substituents is 1. The van der Waals surface area contributed by atoms with E-state index in [9.17, 15) is 24.5 Å². The van der Waals surface area contributed by atoms with Crippen LogP contribution in [-0.4, -0.2) is 38.6 Å². The molecule has 0 spiro atoms. The number of oxazole rings is 1. The fourth-order valence-corrected chi connectivity index (χ4v) is 4.40. The van der Waals surface area contributed by atoms with Crippen molar-refractivity contribution < 1.29 is 23.7 Å². The molecule has 1 unspecified atom stereocenters.